The van der Waals surface area contributed by atoms with Crippen LogP contribution in [-0.2, 0) is 14.3 Å². The molecule has 0 bridgehead atoms. The van der Waals surface area contributed by atoms with Crippen molar-refractivity contribution in [3.63, 3.8) is 0 Å². The average molecular weight is 671 g/mol. The summed E-state index contributed by atoms with van der Waals surface area (Å²) in [4.78, 5) is 12.2. The largest absolute Gasteiger partial charge is 0.457 e. The highest BCUT2D eigenvalue weighted by atomic mass is 16.6. The van der Waals surface area contributed by atoms with E-state index in [2.05, 4.69) is 74.6 Å². The van der Waals surface area contributed by atoms with Crippen LogP contribution in [-0.4, -0.2) is 37.0 Å². The molecule has 0 aromatic heterocycles. The van der Waals surface area contributed by atoms with Crippen molar-refractivity contribution in [2.75, 3.05) is 19.8 Å². The minimum absolute atomic E-state index is 0.182. The molecule has 1 N–H and O–H groups in total. The van der Waals surface area contributed by atoms with Gasteiger partial charge in [-0.05, 0) is 77.0 Å². The Morgan fingerprint density at radius 1 is 0.521 bits per heavy atom. The number of hydrogen-bond acceptors (Lipinski definition) is 4. The Morgan fingerprint density at radius 3 is 1.44 bits per heavy atom. The van der Waals surface area contributed by atoms with E-state index in [0.29, 0.717) is 13.0 Å². The van der Waals surface area contributed by atoms with E-state index >= 15 is 0 Å². The predicted molar refractivity (Wildman–Crippen MR) is 209 cm³/mol. The van der Waals surface area contributed by atoms with E-state index in [1.807, 2.05) is 0 Å². The van der Waals surface area contributed by atoms with Gasteiger partial charge in [-0.25, -0.2) is 0 Å². The maximum atomic E-state index is 12.2. The van der Waals surface area contributed by atoms with Gasteiger partial charge in [0, 0.05) is 13.0 Å². The first kappa shape index (κ1) is 46.1. The number of ether oxygens (including phenoxy) is 2. The van der Waals surface area contributed by atoms with E-state index in [0.717, 1.165) is 57.8 Å². The topological polar surface area (TPSA) is 55.8 Å². The smallest absolute Gasteiger partial charge is 0.306 e. The van der Waals surface area contributed by atoms with Gasteiger partial charge < -0.3 is 14.6 Å². The number of aliphatic hydroxyl groups excluding tert-OH is 1. The molecule has 0 aliphatic carbocycles. The molecule has 0 aromatic rings. The van der Waals surface area contributed by atoms with Gasteiger partial charge in [0.15, 0.2) is 0 Å². The highest BCUT2D eigenvalue weighted by Gasteiger charge is 2.13. The lowest BCUT2D eigenvalue weighted by Crippen LogP contribution is -2.27. The second-order valence-electron chi connectivity index (χ2n) is 13.3. The highest BCUT2D eigenvalue weighted by Crippen LogP contribution is 2.12. The lowest BCUT2D eigenvalue weighted by atomic mass is 10.1. The number of carbonyl (C=O) groups excluding carboxylic acids is 1. The summed E-state index contributed by atoms with van der Waals surface area (Å²) >= 11 is 0. The molecule has 278 valence electrons. The average Bonchev–Trinajstić information content (AvgIpc) is 3.09. The lowest BCUT2D eigenvalue weighted by molar-refractivity contribution is -0.154. The van der Waals surface area contributed by atoms with E-state index in [1.165, 1.54) is 109 Å². The van der Waals surface area contributed by atoms with Crippen LogP contribution in [0.3, 0.4) is 0 Å². The minimum Gasteiger partial charge on any atom is -0.457 e. The Balaban J connectivity index is 3.49. The molecule has 0 aliphatic heterocycles. The third kappa shape index (κ3) is 38.5. The second kappa shape index (κ2) is 41.3. The van der Waals surface area contributed by atoms with Crippen LogP contribution in [0.15, 0.2) is 60.8 Å². The van der Waals surface area contributed by atoms with E-state index in [1.54, 1.807) is 0 Å². The number of aliphatic hydroxyl groups is 1. The molecule has 0 aliphatic rings. The molecule has 0 saturated carbocycles. The third-order valence-electron chi connectivity index (χ3n) is 8.58. The molecule has 4 heteroatoms. The van der Waals surface area contributed by atoms with Gasteiger partial charge >= 0.3 is 5.97 Å². The molecule has 0 aromatic carbocycles. The van der Waals surface area contributed by atoms with E-state index < -0.39 is 6.10 Å². The summed E-state index contributed by atoms with van der Waals surface area (Å²) in [6, 6.07) is 0. The summed E-state index contributed by atoms with van der Waals surface area (Å²) < 4.78 is 11.1. The van der Waals surface area contributed by atoms with Crippen molar-refractivity contribution in [3.05, 3.63) is 60.8 Å². The van der Waals surface area contributed by atoms with Crippen LogP contribution in [0.4, 0.5) is 0 Å². The summed E-state index contributed by atoms with van der Waals surface area (Å²) in [5.74, 6) is -0.218. The van der Waals surface area contributed by atoms with Crippen molar-refractivity contribution in [3.8, 4) is 0 Å². The first-order valence-corrected chi connectivity index (χ1v) is 20.4. The molecule has 0 radical (unpaired) electrons. The molecule has 1 unspecified atom stereocenters. The molecular weight excluding hydrogens is 592 g/mol. The Labute approximate surface area is 298 Å². The van der Waals surface area contributed by atoms with Gasteiger partial charge in [0.1, 0.15) is 6.10 Å². The minimum atomic E-state index is -0.547. The summed E-state index contributed by atoms with van der Waals surface area (Å²) in [6.45, 7) is 5.20. The zero-order valence-corrected chi connectivity index (χ0v) is 31.7. The van der Waals surface area contributed by atoms with Gasteiger partial charge in [-0.3, -0.25) is 4.79 Å². The van der Waals surface area contributed by atoms with Gasteiger partial charge in [0.2, 0.25) is 0 Å². The van der Waals surface area contributed by atoms with Gasteiger partial charge in [-0.15, -0.1) is 0 Å². The van der Waals surface area contributed by atoms with Gasteiger partial charge in [0.25, 0.3) is 0 Å². The molecule has 4 nitrogen and oxygen atoms in total. The van der Waals surface area contributed by atoms with Gasteiger partial charge in [0.05, 0.1) is 13.2 Å². The Kier molecular flexibility index (Phi) is 39.6. The SMILES string of the molecule is CC/C=C\C/C=C\C/C=C\C/C=C\CCCCCCCCC(=O)OC(CO)COCCCCCCCC/C=C\CCCCCCCCC. The predicted octanol–water partition coefficient (Wildman–Crippen LogP) is 13.3. The van der Waals surface area contributed by atoms with Crippen LogP contribution in [0.5, 0.6) is 0 Å². The van der Waals surface area contributed by atoms with Crippen LogP contribution in [0, 0.1) is 0 Å². The fraction of sp³-hybridized carbons (Fsp3) is 0.750. The number of rotatable bonds is 37. The fourth-order valence-electron chi connectivity index (χ4n) is 5.55. The maximum Gasteiger partial charge on any atom is 0.306 e. The normalized spacial score (nSPS) is 13.0. The van der Waals surface area contributed by atoms with Crippen molar-refractivity contribution in [2.45, 2.75) is 193 Å². The Bertz CT molecular complexity index is 794. The molecule has 0 saturated heterocycles. The number of esters is 1. The molecule has 48 heavy (non-hydrogen) atoms. The lowest BCUT2D eigenvalue weighted by Gasteiger charge is -2.15. The first-order chi connectivity index (χ1) is 23.7. The molecule has 0 rings (SSSR count). The molecule has 0 heterocycles. The number of carbonyl (C=O) groups is 1. The number of unbranched alkanes of at least 4 members (excludes halogenated alkanes) is 19. The Morgan fingerprint density at radius 2 is 0.938 bits per heavy atom. The summed E-state index contributed by atoms with van der Waals surface area (Å²) in [5, 5.41) is 9.59. The van der Waals surface area contributed by atoms with Crippen LogP contribution in [0.25, 0.3) is 0 Å². The molecule has 0 spiro atoms. The van der Waals surface area contributed by atoms with Crippen LogP contribution in [0.2, 0.25) is 0 Å². The quantitative estimate of drug-likeness (QED) is 0.0406. The van der Waals surface area contributed by atoms with Gasteiger partial charge in [-0.2, -0.15) is 0 Å². The monoisotopic (exact) mass is 671 g/mol. The summed E-state index contributed by atoms with van der Waals surface area (Å²) in [6.07, 6.45) is 54.1. The fourth-order valence-corrected chi connectivity index (χ4v) is 5.55. The molecule has 0 fully saturated rings. The van der Waals surface area contributed by atoms with E-state index in [-0.39, 0.29) is 19.2 Å². The van der Waals surface area contributed by atoms with Crippen LogP contribution in [0.1, 0.15) is 187 Å². The van der Waals surface area contributed by atoms with E-state index in [9.17, 15) is 9.90 Å². The van der Waals surface area contributed by atoms with Crippen molar-refractivity contribution >= 4 is 5.97 Å². The van der Waals surface area contributed by atoms with Crippen molar-refractivity contribution < 1.29 is 19.4 Å². The summed E-state index contributed by atoms with van der Waals surface area (Å²) in [7, 11) is 0. The standard InChI is InChI=1S/C44H78O4/c1-3-5-7-9-11-13-15-17-19-21-22-23-25-27-29-31-33-35-37-39-44(46)48-43(41-45)42-47-40-38-36-34-32-30-28-26-24-20-18-16-14-12-10-8-6-4-2/h5,7,11,13,17,19-20,22-24,43,45H,3-4,6,8-10,12,14-16,18,21,25-42H2,1-2H3/b7-5-,13-11-,19-17-,23-22-,24-20-. The highest BCUT2D eigenvalue weighted by molar-refractivity contribution is 5.69. The van der Waals surface area contributed by atoms with Crippen molar-refractivity contribution in [1.29, 1.82) is 0 Å². The van der Waals surface area contributed by atoms with Crippen LogP contribution >= 0.6 is 0 Å². The molecule has 0 amide bonds. The third-order valence-corrected chi connectivity index (χ3v) is 8.58. The second-order valence-corrected chi connectivity index (χ2v) is 13.3. The summed E-state index contributed by atoms with van der Waals surface area (Å²) in [5.41, 5.74) is 0. The van der Waals surface area contributed by atoms with Crippen LogP contribution < -0.4 is 0 Å². The maximum absolute atomic E-state index is 12.2. The van der Waals surface area contributed by atoms with Crippen molar-refractivity contribution in [2.24, 2.45) is 0 Å². The number of hydrogen-bond donors (Lipinski definition) is 1. The zero-order chi connectivity index (χ0) is 34.9. The molecule has 1 atom stereocenters. The number of allylic oxidation sites excluding steroid dienone is 10. The van der Waals surface area contributed by atoms with Crippen molar-refractivity contribution in [1.82, 2.24) is 0 Å². The van der Waals surface area contributed by atoms with Gasteiger partial charge in [-0.1, -0.05) is 164 Å². The zero-order valence-electron chi connectivity index (χ0n) is 31.7. The van der Waals surface area contributed by atoms with E-state index in [4.69, 9.17) is 9.47 Å². The first-order valence-electron chi connectivity index (χ1n) is 20.4. The molecular formula is C44H78O4. The Hall–Kier alpha value is -1.91.